The molecule has 2 atom stereocenters. The summed E-state index contributed by atoms with van der Waals surface area (Å²) in [4.78, 5) is 0. The first-order valence-electron chi connectivity index (χ1n) is 4.20. The fourth-order valence-electron chi connectivity index (χ4n) is 2.15. The monoisotopic (exact) mass is 158 g/mol. The van der Waals surface area contributed by atoms with E-state index < -0.39 is 0 Å². The molecule has 1 aliphatic heterocycles. The quantitative estimate of drug-likeness (QED) is 0.543. The van der Waals surface area contributed by atoms with E-state index in [2.05, 4.69) is 0 Å². The van der Waals surface area contributed by atoms with Crippen molar-refractivity contribution in [1.82, 2.24) is 10.1 Å². The summed E-state index contributed by atoms with van der Waals surface area (Å²) in [6.45, 7) is 0.287. The van der Waals surface area contributed by atoms with E-state index in [0.717, 1.165) is 12.8 Å². The topological polar surface area (TPSA) is 46.9 Å². The molecule has 1 saturated heterocycles. The van der Waals surface area contributed by atoms with Gasteiger partial charge >= 0.3 is 0 Å². The number of rotatable bonds is 0. The predicted molar refractivity (Wildman–Crippen MR) is 38.2 cm³/mol. The van der Waals surface area contributed by atoms with Crippen LogP contribution in [0.2, 0.25) is 0 Å². The molecule has 0 amide bonds. The van der Waals surface area contributed by atoms with Crippen LogP contribution in [0.1, 0.15) is 25.7 Å². The van der Waals surface area contributed by atoms with Crippen LogP contribution in [-0.4, -0.2) is 39.3 Å². The third-order valence-electron chi connectivity index (χ3n) is 2.75. The summed E-state index contributed by atoms with van der Waals surface area (Å²) in [5, 5.41) is 21.2. The Labute approximate surface area is 65.9 Å². The van der Waals surface area contributed by atoms with Gasteiger partial charge < -0.3 is 10.4 Å². The zero-order valence-electron chi connectivity index (χ0n) is 6.48. The maximum atomic E-state index is 9.33. The van der Waals surface area contributed by atoms with Crippen LogP contribution in [0.25, 0.3) is 0 Å². The minimum Gasteiger partial charge on any atom is -0.312 e. The zero-order valence-corrected chi connectivity index (χ0v) is 6.48. The molecular weight excluding hydrogens is 144 g/mol. The van der Waals surface area contributed by atoms with Crippen LogP contribution >= 0.6 is 0 Å². The van der Waals surface area contributed by atoms with Crippen molar-refractivity contribution in [2.75, 3.05) is 6.67 Å². The SMILES string of the molecule is ON1CN(O)[C@H]2CCCC[C@@H]21. The smallest absolute Gasteiger partial charge is 0.100 e. The molecule has 2 N–H and O–H groups in total. The van der Waals surface area contributed by atoms with Crippen molar-refractivity contribution in [1.29, 1.82) is 0 Å². The van der Waals surface area contributed by atoms with Crippen LogP contribution in [0.4, 0.5) is 0 Å². The standard InChI is InChI=1S/C7H14N2O2/c10-8-5-9(11)7-4-2-1-3-6(7)8/h6-7,10-11H,1-5H2/t6-,7-/m0/s1. The van der Waals surface area contributed by atoms with Gasteiger partial charge in [-0.3, -0.25) is 0 Å². The largest absolute Gasteiger partial charge is 0.312 e. The van der Waals surface area contributed by atoms with Crippen molar-refractivity contribution in [3.8, 4) is 0 Å². The lowest BCUT2D eigenvalue weighted by atomic mass is 9.91. The van der Waals surface area contributed by atoms with Gasteiger partial charge in [0.1, 0.15) is 6.67 Å². The first kappa shape index (κ1) is 7.49. The fraction of sp³-hybridized carbons (Fsp3) is 1.00. The highest BCUT2D eigenvalue weighted by Gasteiger charge is 2.40. The molecule has 2 fully saturated rings. The van der Waals surface area contributed by atoms with E-state index in [-0.39, 0.29) is 18.8 Å². The van der Waals surface area contributed by atoms with Crippen LogP contribution in [-0.2, 0) is 0 Å². The summed E-state index contributed by atoms with van der Waals surface area (Å²) in [5.41, 5.74) is 0. The Balaban J connectivity index is 2.07. The van der Waals surface area contributed by atoms with Crippen molar-refractivity contribution < 1.29 is 10.4 Å². The number of hydrogen-bond donors (Lipinski definition) is 2. The second-order valence-corrected chi connectivity index (χ2v) is 3.44. The normalized spacial score (nSPS) is 40.9. The Morgan fingerprint density at radius 3 is 1.82 bits per heavy atom. The molecule has 2 aliphatic rings. The van der Waals surface area contributed by atoms with Crippen molar-refractivity contribution in [2.24, 2.45) is 0 Å². The number of hydrogen-bond acceptors (Lipinski definition) is 4. The molecule has 0 unspecified atom stereocenters. The second kappa shape index (κ2) is 2.71. The van der Waals surface area contributed by atoms with E-state index >= 15 is 0 Å². The van der Waals surface area contributed by atoms with Gasteiger partial charge in [0.2, 0.25) is 0 Å². The maximum absolute atomic E-state index is 9.33. The van der Waals surface area contributed by atoms with Gasteiger partial charge in [-0.25, -0.2) is 0 Å². The fourth-order valence-corrected chi connectivity index (χ4v) is 2.15. The van der Waals surface area contributed by atoms with Crippen molar-refractivity contribution in [3.05, 3.63) is 0 Å². The van der Waals surface area contributed by atoms with Crippen molar-refractivity contribution in [3.63, 3.8) is 0 Å². The van der Waals surface area contributed by atoms with E-state index in [9.17, 15) is 10.4 Å². The lowest BCUT2D eigenvalue weighted by Crippen LogP contribution is -2.37. The average Bonchev–Trinajstić information content (AvgIpc) is 2.30. The molecule has 1 heterocycles. The third-order valence-corrected chi connectivity index (χ3v) is 2.75. The highest BCUT2D eigenvalue weighted by molar-refractivity contribution is 4.88. The summed E-state index contributed by atoms with van der Waals surface area (Å²) in [6.07, 6.45) is 4.37. The maximum Gasteiger partial charge on any atom is 0.100 e. The highest BCUT2D eigenvalue weighted by atomic mass is 16.6. The van der Waals surface area contributed by atoms with Gasteiger partial charge in [0.25, 0.3) is 0 Å². The molecule has 1 saturated carbocycles. The van der Waals surface area contributed by atoms with E-state index in [1.54, 1.807) is 0 Å². The summed E-state index contributed by atoms with van der Waals surface area (Å²) >= 11 is 0. The van der Waals surface area contributed by atoms with E-state index in [0.29, 0.717) is 0 Å². The number of hydroxylamine groups is 4. The van der Waals surface area contributed by atoms with Gasteiger partial charge in [0.05, 0.1) is 12.1 Å². The molecule has 11 heavy (non-hydrogen) atoms. The molecule has 0 aromatic heterocycles. The van der Waals surface area contributed by atoms with Crippen molar-refractivity contribution >= 4 is 0 Å². The van der Waals surface area contributed by atoms with E-state index in [1.807, 2.05) is 0 Å². The van der Waals surface area contributed by atoms with E-state index in [4.69, 9.17) is 0 Å². The predicted octanol–water partition coefficient (Wildman–Crippen LogP) is 0.651. The molecule has 2 rings (SSSR count). The number of fused-ring (bicyclic) bond motifs is 1. The average molecular weight is 158 g/mol. The molecule has 4 heteroatoms. The zero-order chi connectivity index (χ0) is 7.84. The van der Waals surface area contributed by atoms with Gasteiger partial charge in [-0.2, -0.15) is 10.1 Å². The summed E-state index contributed by atoms with van der Waals surface area (Å²) in [5.74, 6) is 0. The van der Waals surface area contributed by atoms with Gasteiger partial charge in [-0.15, -0.1) is 0 Å². The van der Waals surface area contributed by atoms with E-state index in [1.165, 1.54) is 23.0 Å². The van der Waals surface area contributed by atoms with Gasteiger partial charge in [-0.05, 0) is 12.8 Å². The molecule has 0 bridgehead atoms. The Kier molecular flexibility index (Phi) is 1.85. The highest BCUT2D eigenvalue weighted by Crippen LogP contribution is 2.29. The molecule has 0 spiro atoms. The van der Waals surface area contributed by atoms with Crippen LogP contribution < -0.4 is 0 Å². The molecule has 0 aromatic rings. The minimum absolute atomic E-state index is 0.175. The Hall–Kier alpha value is -0.160. The lowest BCUT2D eigenvalue weighted by Gasteiger charge is -2.27. The molecule has 0 radical (unpaired) electrons. The first-order valence-corrected chi connectivity index (χ1v) is 4.20. The second-order valence-electron chi connectivity index (χ2n) is 3.44. The van der Waals surface area contributed by atoms with Crippen LogP contribution in [0.3, 0.4) is 0 Å². The van der Waals surface area contributed by atoms with Crippen molar-refractivity contribution in [2.45, 2.75) is 37.8 Å². The molecule has 0 aromatic carbocycles. The Morgan fingerprint density at radius 2 is 1.36 bits per heavy atom. The van der Waals surface area contributed by atoms with Crippen LogP contribution in [0.15, 0.2) is 0 Å². The molecule has 4 nitrogen and oxygen atoms in total. The number of nitrogens with zero attached hydrogens (tertiary/aromatic N) is 2. The lowest BCUT2D eigenvalue weighted by molar-refractivity contribution is -0.156. The van der Waals surface area contributed by atoms with Gasteiger partial charge in [0.15, 0.2) is 0 Å². The third kappa shape index (κ3) is 1.16. The Morgan fingerprint density at radius 1 is 0.909 bits per heavy atom. The van der Waals surface area contributed by atoms with Crippen LogP contribution in [0, 0.1) is 0 Å². The minimum atomic E-state index is 0.175. The molecule has 1 aliphatic carbocycles. The Bertz CT molecular complexity index is 137. The summed E-state index contributed by atoms with van der Waals surface area (Å²) < 4.78 is 0. The molecule has 64 valence electrons. The van der Waals surface area contributed by atoms with Crippen LogP contribution in [0.5, 0.6) is 0 Å². The van der Waals surface area contributed by atoms with Gasteiger partial charge in [-0.1, -0.05) is 12.8 Å². The summed E-state index contributed by atoms with van der Waals surface area (Å²) in [6, 6.07) is 0.350. The van der Waals surface area contributed by atoms with Gasteiger partial charge in [0, 0.05) is 0 Å². The molecular formula is C7H14N2O2. The summed E-state index contributed by atoms with van der Waals surface area (Å²) in [7, 11) is 0. The first-order chi connectivity index (χ1) is 5.29.